The van der Waals surface area contributed by atoms with Crippen molar-refractivity contribution in [1.82, 2.24) is 0 Å². The van der Waals surface area contributed by atoms with Crippen molar-refractivity contribution in [3.8, 4) is 11.5 Å². The van der Waals surface area contributed by atoms with E-state index in [0.29, 0.717) is 17.8 Å². The molecule has 4 rings (SSSR count). The second-order valence-corrected chi connectivity index (χ2v) is 10.6. The van der Waals surface area contributed by atoms with E-state index >= 15 is 0 Å². The molecule has 1 aromatic rings. The van der Waals surface area contributed by atoms with Gasteiger partial charge in [-0.05, 0) is 74.5 Å². The number of ether oxygens (including phenoxy) is 2. The Morgan fingerprint density at radius 1 is 0.794 bits per heavy atom. The molecule has 0 spiro atoms. The molecule has 0 bridgehead atoms. The van der Waals surface area contributed by atoms with Crippen molar-refractivity contribution in [1.29, 1.82) is 0 Å². The highest BCUT2D eigenvalue weighted by atomic mass is 16.6. The molecule has 34 heavy (non-hydrogen) atoms. The Morgan fingerprint density at radius 2 is 1.26 bits per heavy atom. The van der Waals surface area contributed by atoms with Gasteiger partial charge in [0, 0.05) is 0 Å². The fourth-order valence-corrected chi connectivity index (χ4v) is 7.06. The average Bonchev–Trinajstić information content (AvgIpc) is 2.88. The summed E-state index contributed by atoms with van der Waals surface area (Å²) in [5.74, 6) is -0.418. The SMILES string of the molecule is O=C(COc1ccc(O)c(C(=O)O)c1)OC(C1CCCCC1)(C1CCCCC1)C1CCCCC1. The van der Waals surface area contributed by atoms with Gasteiger partial charge < -0.3 is 19.7 Å². The number of carboxylic acid groups (broad SMARTS) is 1. The number of hydrogen-bond donors (Lipinski definition) is 2. The first-order chi connectivity index (χ1) is 16.5. The normalized spacial score (nSPS) is 21.2. The van der Waals surface area contributed by atoms with Crippen molar-refractivity contribution in [2.75, 3.05) is 6.61 Å². The third-order valence-corrected chi connectivity index (χ3v) is 8.58. The van der Waals surface area contributed by atoms with E-state index in [0.717, 1.165) is 38.5 Å². The molecular weight excluding hydrogens is 432 g/mol. The zero-order chi connectivity index (χ0) is 24.0. The number of esters is 1. The Hall–Kier alpha value is -2.24. The second-order valence-electron chi connectivity index (χ2n) is 10.6. The smallest absolute Gasteiger partial charge is 0.344 e. The number of carboxylic acids is 1. The van der Waals surface area contributed by atoms with E-state index in [1.165, 1.54) is 76.0 Å². The molecule has 1 aromatic carbocycles. The molecule has 0 aromatic heterocycles. The topological polar surface area (TPSA) is 93.1 Å². The molecule has 3 aliphatic rings. The van der Waals surface area contributed by atoms with E-state index in [-0.39, 0.29) is 29.6 Å². The average molecular weight is 473 g/mol. The van der Waals surface area contributed by atoms with E-state index < -0.39 is 11.6 Å². The largest absolute Gasteiger partial charge is 0.507 e. The van der Waals surface area contributed by atoms with Gasteiger partial charge in [-0.2, -0.15) is 0 Å². The summed E-state index contributed by atoms with van der Waals surface area (Å²) in [6.07, 6.45) is 17.9. The van der Waals surface area contributed by atoms with E-state index in [4.69, 9.17) is 9.47 Å². The number of rotatable bonds is 8. The van der Waals surface area contributed by atoms with E-state index in [1.807, 2.05) is 0 Å². The number of carbonyl (C=O) groups excluding carboxylic acids is 1. The van der Waals surface area contributed by atoms with Crippen molar-refractivity contribution in [3.63, 3.8) is 0 Å². The lowest BCUT2D eigenvalue weighted by molar-refractivity contribution is -0.200. The molecule has 3 fully saturated rings. The molecule has 0 radical (unpaired) electrons. The lowest BCUT2D eigenvalue weighted by Crippen LogP contribution is -2.56. The molecule has 0 amide bonds. The summed E-state index contributed by atoms with van der Waals surface area (Å²) in [7, 11) is 0. The van der Waals surface area contributed by atoms with Crippen LogP contribution in [-0.2, 0) is 9.53 Å². The van der Waals surface area contributed by atoms with Gasteiger partial charge in [0.15, 0.2) is 6.61 Å². The lowest BCUT2D eigenvalue weighted by Gasteiger charge is -2.53. The number of aromatic carboxylic acids is 1. The van der Waals surface area contributed by atoms with Gasteiger partial charge in [0.1, 0.15) is 22.7 Å². The molecule has 0 atom stereocenters. The molecule has 0 heterocycles. The maximum absolute atomic E-state index is 13.3. The number of aromatic hydroxyl groups is 1. The van der Waals surface area contributed by atoms with Crippen LogP contribution in [0.1, 0.15) is 107 Å². The van der Waals surface area contributed by atoms with Crippen LogP contribution in [0.15, 0.2) is 18.2 Å². The maximum Gasteiger partial charge on any atom is 0.344 e. The van der Waals surface area contributed by atoms with Crippen molar-refractivity contribution in [2.24, 2.45) is 17.8 Å². The minimum absolute atomic E-state index is 0.241. The van der Waals surface area contributed by atoms with Gasteiger partial charge in [-0.15, -0.1) is 0 Å². The van der Waals surface area contributed by atoms with Gasteiger partial charge in [0.05, 0.1) is 0 Å². The quantitative estimate of drug-likeness (QED) is 0.420. The standard InChI is InChI=1S/C28H40O6/c29-25-17-16-23(18-24(25)27(31)32)33-19-26(30)34-28(20-10-4-1-5-11-20,21-12-6-2-7-13-21)22-14-8-3-9-15-22/h16-18,20-22,29H,1-15,19H2,(H,31,32). The van der Waals surface area contributed by atoms with Crippen LogP contribution in [0.5, 0.6) is 11.5 Å². The molecule has 3 aliphatic carbocycles. The van der Waals surface area contributed by atoms with Gasteiger partial charge in [0.2, 0.25) is 0 Å². The fourth-order valence-electron chi connectivity index (χ4n) is 7.06. The highest BCUT2D eigenvalue weighted by Gasteiger charge is 2.53. The monoisotopic (exact) mass is 472 g/mol. The maximum atomic E-state index is 13.3. The summed E-state index contributed by atoms with van der Waals surface area (Å²) in [4.78, 5) is 24.7. The van der Waals surface area contributed by atoms with E-state index in [9.17, 15) is 19.8 Å². The van der Waals surface area contributed by atoms with Crippen molar-refractivity contribution in [2.45, 2.75) is 102 Å². The van der Waals surface area contributed by atoms with Crippen molar-refractivity contribution >= 4 is 11.9 Å². The molecule has 6 nitrogen and oxygen atoms in total. The zero-order valence-corrected chi connectivity index (χ0v) is 20.3. The summed E-state index contributed by atoms with van der Waals surface area (Å²) < 4.78 is 12.3. The third-order valence-electron chi connectivity index (χ3n) is 8.58. The third kappa shape index (κ3) is 5.52. The Bertz CT molecular complexity index is 786. The summed E-state index contributed by atoms with van der Waals surface area (Å²) in [6.45, 7) is -0.252. The van der Waals surface area contributed by atoms with Crippen LogP contribution in [-0.4, -0.2) is 34.4 Å². The second kappa shape index (κ2) is 11.5. The van der Waals surface area contributed by atoms with Gasteiger partial charge in [0.25, 0.3) is 0 Å². The predicted octanol–water partition coefficient (Wildman–Crippen LogP) is 6.49. The predicted molar refractivity (Wildman–Crippen MR) is 129 cm³/mol. The molecule has 0 saturated heterocycles. The van der Waals surface area contributed by atoms with Gasteiger partial charge in [-0.1, -0.05) is 57.8 Å². The number of hydrogen-bond acceptors (Lipinski definition) is 5. The minimum Gasteiger partial charge on any atom is -0.507 e. The van der Waals surface area contributed by atoms with Crippen LogP contribution in [0.25, 0.3) is 0 Å². The number of carbonyl (C=O) groups is 2. The molecule has 0 aliphatic heterocycles. The van der Waals surface area contributed by atoms with Crippen LogP contribution in [0.2, 0.25) is 0 Å². The first kappa shape index (κ1) is 24.9. The van der Waals surface area contributed by atoms with Crippen LogP contribution in [0, 0.1) is 17.8 Å². The highest BCUT2D eigenvalue weighted by Crippen LogP contribution is 2.52. The first-order valence-corrected chi connectivity index (χ1v) is 13.4. The van der Waals surface area contributed by atoms with Gasteiger partial charge in [-0.25, -0.2) is 9.59 Å². The Labute approximate surface area is 203 Å². The summed E-state index contributed by atoms with van der Waals surface area (Å²) >= 11 is 0. The molecule has 188 valence electrons. The Balaban J connectivity index is 1.56. The van der Waals surface area contributed by atoms with Crippen LogP contribution in [0.3, 0.4) is 0 Å². The number of benzene rings is 1. The zero-order valence-electron chi connectivity index (χ0n) is 20.3. The fraction of sp³-hybridized carbons (Fsp3) is 0.714. The minimum atomic E-state index is -1.24. The van der Waals surface area contributed by atoms with Crippen molar-refractivity contribution in [3.05, 3.63) is 23.8 Å². The summed E-state index contributed by atoms with van der Waals surface area (Å²) in [5.41, 5.74) is -0.644. The summed E-state index contributed by atoms with van der Waals surface area (Å²) in [6, 6.07) is 4.01. The summed E-state index contributed by atoms with van der Waals surface area (Å²) in [5, 5.41) is 19.0. The Kier molecular flexibility index (Phi) is 8.38. The molecule has 0 unspecified atom stereocenters. The highest BCUT2D eigenvalue weighted by molar-refractivity contribution is 5.91. The van der Waals surface area contributed by atoms with Gasteiger partial charge >= 0.3 is 11.9 Å². The first-order valence-electron chi connectivity index (χ1n) is 13.4. The molecular formula is C28H40O6. The lowest BCUT2D eigenvalue weighted by atomic mass is 9.58. The molecule has 6 heteroatoms. The van der Waals surface area contributed by atoms with Crippen LogP contribution in [0.4, 0.5) is 0 Å². The number of phenols is 1. The Morgan fingerprint density at radius 3 is 1.71 bits per heavy atom. The van der Waals surface area contributed by atoms with Gasteiger partial charge in [-0.3, -0.25) is 0 Å². The van der Waals surface area contributed by atoms with Crippen molar-refractivity contribution < 1.29 is 29.3 Å². The van der Waals surface area contributed by atoms with E-state index in [1.54, 1.807) is 0 Å². The van der Waals surface area contributed by atoms with E-state index in [2.05, 4.69) is 0 Å². The van der Waals surface area contributed by atoms with Crippen LogP contribution >= 0.6 is 0 Å². The van der Waals surface area contributed by atoms with Crippen LogP contribution < -0.4 is 4.74 Å². The molecule has 2 N–H and O–H groups in total. The molecule has 3 saturated carbocycles.